The van der Waals surface area contributed by atoms with Crippen LogP contribution in [-0.2, 0) is 0 Å². The van der Waals surface area contributed by atoms with E-state index in [4.69, 9.17) is 0 Å². The molecular formula is C18H14N4O3. The number of rotatable bonds is 3. The lowest BCUT2D eigenvalue weighted by atomic mass is 9.96. The van der Waals surface area contributed by atoms with Crippen molar-refractivity contribution >= 4 is 11.6 Å². The minimum atomic E-state index is -0.446. The highest BCUT2D eigenvalue weighted by Crippen LogP contribution is 2.37. The molecule has 124 valence electrons. The molecule has 25 heavy (non-hydrogen) atoms. The van der Waals surface area contributed by atoms with Gasteiger partial charge >= 0.3 is 0 Å². The second-order valence-electron chi connectivity index (χ2n) is 5.98. The van der Waals surface area contributed by atoms with Gasteiger partial charge in [0.1, 0.15) is 5.69 Å². The fourth-order valence-corrected chi connectivity index (χ4v) is 3.05. The zero-order chi connectivity index (χ0) is 17.6. The Bertz CT molecular complexity index is 975. The molecule has 4 rings (SSSR count). The minimum absolute atomic E-state index is 0.0132. The molecule has 1 aromatic heterocycles. The van der Waals surface area contributed by atoms with Crippen molar-refractivity contribution in [3.05, 3.63) is 81.0 Å². The molecule has 0 saturated heterocycles. The first-order valence-corrected chi connectivity index (χ1v) is 7.75. The molecule has 0 unspecified atom stereocenters. The number of hydrogen-bond donors (Lipinski definition) is 2. The van der Waals surface area contributed by atoms with Crippen LogP contribution in [0.5, 0.6) is 0 Å². The molecule has 7 nitrogen and oxygen atoms in total. The van der Waals surface area contributed by atoms with E-state index >= 15 is 0 Å². The van der Waals surface area contributed by atoms with Crippen molar-refractivity contribution in [3.8, 4) is 11.3 Å². The molecule has 2 aromatic carbocycles. The fraction of sp³-hybridized carbons (Fsp3) is 0.111. The van der Waals surface area contributed by atoms with Crippen molar-refractivity contribution in [2.75, 3.05) is 0 Å². The van der Waals surface area contributed by atoms with E-state index in [-0.39, 0.29) is 11.6 Å². The number of hydrogen-bond acceptors (Lipinski definition) is 4. The fourth-order valence-electron chi connectivity index (χ4n) is 3.05. The van der Waals surface area contributed by atoms with Crippen molar-refractivity contribution in [1.82, 2.24) is 15.5 Å². The second kappa shape index (κ2) is 5.55. The average Bonchev–Trinajstić information content (AvgIpc) is 3.17. The van der Waals surface area contributed by atoms with Gasteiger partial charge in [-0.05, 0) is 24.6 Å². The third-order valence-corrected chi connectivity index (χ3v) is 4.36. The maximum absolute atomic E-state index is 12.2. The largest absolute Gasteiger partial charge is 0.340 e. The summed E-state index contributed by atoms with van der Waals surface area (Å²) < 4.78 is 0. The lowest BCUT2D eigenvalue weighted by Gasteiger charge is -2.13. The van der Waals surface area contributed by atoms with Gasteiger partial charge in [-0.25, -0.2) is 0 Å². The van der Waals surface area contributed by atoms with Gasteiger partial charge < -0.3 is 5.32 Å². The molecule has 0 radical (unpaired) electrons. The maximum atomic E-state index is 12.2. The Morgan fingerprint density at radius 2 is 1.76 bits per heavy atom. The van der Waals surface area contributed by atoms with Crippen LogP contribution >= 0.6 is 0 Å². The van der Waals surface area contributed by atoms with Gasteiger partial charge in [-0.2, -0.15) is 5.10 Å². The number of fused-ring (bicyclic) bond motifs is 1. The molecule has 2 N–H and O–H groups in total. The summed E-state index contributed by atoms with van der Waals surface area (Å²) in [5.41, 5.74) is 4.73. The maximum Gasteiger partial charge on any atom is 0.270 e. The van der Waals surface area contributed by atoms with Crippen LogP contribution in [0.25, 0.3) is 11.3 Å². The Hall–Kier alpha value is -3.48. The predicted molar refractivity (Wildman–Crippen MR) is 91.2 cm³/mol. The van der Waals surface area contributed by atoms with Crippen LogP contribution in [0.4, 0.5) is 5.69 Å². The van der Waals surface area contributed by atoms with E-state index in [2.05, 4.69) is 15.5 Å². The highest BCUT2D eigenvalue weighted by Gasteiger charge is 2.35. The Morgan fingerprint density at radius 3 is 2.40 bits per heavy atom. The SMILES string of the molecule is Cc1ccc(-c2n[nH]c3c2[C@H](c2ccc([N+](=O)[O-])cc2)NC3=O)cc1. The first-order chi connectivity index (χ1) is 12.0. The Labute approximate surface area is 142 Å². The molecule has 1 aliphatic rings. The van der Waals surface area contributed by atoms with Gasteiger partial charge in [0.25, 0.3) is 11.6 Å². The molecule has 2 heterocycles. The lowest BCUT2D eigenvalue weighted by molar-refractivity contribution is -0.384. The molecule has 3 aromatic rings. The highest BCUT2D eigenvalue weighted by molar-refractivity contribution is 6.00. The number of carbonyl (C=O) groups is 1. The quantitative estimate of drug-likeness (QED) is 0.567. The third-order valence-electron chi connectivity index (χ3n) is 4.36. The summed E-state index contributed by atoms with van der Waals surface area (Å²) in [5.74, 6) is -0.232. The smallest absolute Gasteiger partial charge is 0.270 e. The Morgan fingerprint density at radius 1 is 1.08 bits per heavy atom. The molecular weight excluding hydrogens is 320 g/mol. The van der Waals surface area contributed by atoms with Crippen molar-refractivity contribution in [2.45, 2.75) is 13.0 Å². The van der Waals surface area contributed by atoms with Crippen LogP contribution in [-0.4, -0.2) is 21.0 Å². The van der Waals surface area contributed by atoms with Gasteiger partial charge in [0.2, 0.25) is 0 Å². The van der Waals surface area contributed by atoms with E-state index in [1.165, 1.54) is 12.1 Å². The van der Waals surface area contributed by atoms with Crippen LogP contribution < -0.4 is 5.32 Å². The van der Waals surface area contributed by atoms with E-state index in [0.29, 0.717) is 11.4 Å². The van der Waals surface area contributed by atoms with Gasteiger partial charge in [0, 0.05) is 23.3 Å². The monoisotopic (exact) mass is 334 g/mol. The average molecular weight is 334 g/mol. The summed E-state index contributed by atoms with van der Waals surface area (Å²) in [6.45, 7) is 2.00. The zero-order valence-electron chi connectivity index (χ0n) is 13.3. The first-order valence-electron chi connectivity index (χ1n) is 7.75. The standard InChI is InChI=1S/C18H14N4O3/c1-10-2-4-12(5-3-10)16-14-15(19-18(23)17(14)21-20-16)11-6-8-13(9-7-11)22(24)25/h2-9,15H,1H3,(H,19,23)(H,20,21)/t15-/m0/s1. The molecule has 0 spiro atoms. The molecule has 1 aliphatic heterocycles. The molecule has 0 saturated carbocycles. The summed E-state index contributed by atoms with van der Waals surface area (Å²) in [6, 6.07) is 13.7. The first kappa shape index (κ1) is 15.1. The number of aryl methyl sites for hydroxylation is 1. The number of amides is 1. The van der Waals surface area contributed by atoms with Gasteiger partial charge in [0.15, 0.2) is 0 Å². The van der Waals surface area contributed by atoms with Crippen LogP contribution in [0.2, 0.25) is 0 Å². The number of aromatic amines is 1. The van der Waals surface area contributed by atoms with E-state index in [9.17, 15) is 14.9 Å². The number of nitrogens with zero attached hydrogens (tertiary/aromatic N) is 2. The Kier molecular flexibility index (Phi) is 3.35. The molecule has 7 heteroatoms. The van der Waals surface area contributed by atoms with Gasteiger partial charge in [-0.15, -0.1) is 0 Å². The molecule has 1 atom stereocenters. The predicted octanol–water partition coefficient (Wildman–Crippen LogP) is 3.13. The van der Waals surface area contributed by atoms with Gasteiger partial charge in [0.05, 0.1) is 16.7 Å². The van der Waals surface area contributed by atoms with E-state index in [1.807, 2.05) is 31.2 Å². The number of benzene rings is 2. The normalized spacial score (nSPS) is 15.7. The van der Waals surface area contributed by atoms with Crippen LogP contribution in [0.3, 0.4) is 0 Å². The number of nitro benzene ring substituents is 1. The van der Waals surface area contributed by atoms with Crippen molar-refractivity contribution < 1.29 is 9.72 Å². The van der Waals surface area contributed by atoms with Gasteiger partial charge in [-0.3, -0.25) is 20.0 Å². The van der Waals surface area contributed by atoms with E-state index < -0.39 is 11.0 Å². The van der Waals surface area contributed by atoms with Crippen molar-refractivity contribution in [2.24, 2.45) is 0 Å². The lowest BCUT2D eigenvalue weighted by Crippen LogP contribution is -2.21. The summed E-state index contributed by atoms with van der Waals surface area (Å²) in [4.78, 5) is 22.6. The highest BCUT2D eigenvalue weighted by atomic mass is 16.6. The third kappa shape index (κ3) is 2.46. The molecule has 0 fully saturated rings. The van der Waals surface area contributed by atoms with Crippen LogP contribution in [0.1, 0.15) is 33.2 Å². The minimum Gasteiger partial charge on any atom is -0.340 e. The molecule has 1 amide bonds. The summed E-state index contributed by atoms with van der Waals surface area (Å²) >= 11 is 0. The number of nitrogens with one attached hydrogen (secondary N) is 2. The number of non-ortho nitro benzene ring substituents is 1. The summed E-state index contributed by atoms with van der Waals surface area (Å²) in [7, 11) is 0. The molecule has 0 aliphatic carbocycles. The topological polar surface area (TPSA) is 101 Å². The van der Waals surface area contributed by atoms with Gasteiger partial charge in [-0.1, -0.05) is 29.8 Å². The van der Waals surface area contributed by atoms with Crippen LogP contribution in [0.15, 0.2) is 48.5 Å². The molecule has 0 bridgehead atoms. The number of nitro groups is 1. The summed E-state index contributed by atoms with van der Waals surface area (Å²) in [5, 5.41) is 20.9. The Balaban J connectivity index is 1.79. The van der Waals surface area contributed by atoms with E-state index in [0.717, 1.165) is 22.3 Å². The number of carbonyl (C=O) groups excluding carboxylic acids is 1. The second-order valence-corrected chi connectivity index (χ2v) is 5.98. The summed E-state index contributed by atoms with van der Waals surface area (Å²) in [6.07, 6.45) is 0. The number of aromatic nitrogens is 2. The van der Waals surface area contributed by atoms with Crippen molar-refractivity contribution in [1.29, 1.82) is 0 Å². The van der Waals surface area contributed by atoms with Crippen molar-refractivity contribution in [3.63, 3.8) is 0 Å². The number of H-pyrrole nitrogens is 1. The van der Waals surface area contributed by atoms with E-state index in [1.54, 1.807) is 12.1 Å². The van der Waals surface area contributed by atoms with Crippen LogP contribution in [0, 0.1) is 17.0 Å². The zero-order valence-corrected chi connectivity index (χ0v) is 13.3.